The molecule has 0 aromatic heterocycles. The highest BCUT2D eigenvalue weighted by atomic mass is 32.2. The van der Waals surface area contributed by atoms with Crippen molar-refractivity contribution in [3.63, 3.8) is 0 Å². The van der Waals surface area contributed by atoms with E-state index in [1.54, 1.807) is 0 Å². The Kier molecular flexibility index (Phi) is 3.42. The average molecular weight is 354 g/mol. The Bertz CT molecular complexity index is 676. The number of aliphatic hydroxyl groups is 1. The van der Waals surface area contributed by atoms with Crippen LogP contribution in [0.3, 0.4) is 0 Å². The van der Waals surface area contributed by atoms with Crippen LogP contribution in [0.25, 0.3) is 0 Å². The lowest BCUT2D eigenvalue weighted by Crippen LogP contribution is -2.64. The van der Waals surface area contributed by atoms with Gasteiger partial charge >= 0.3 is 21.3 Å². The number of carbonyl (C=O) groups excluding carboxylic acids is 2. The third kappa shape index (κ3) is 2.47. The molecule has 2 N–H and O–H groups in total. The summed E-state index contributed by atoms with van der Waals surface area (Å²) in [5.74, 6) is -1.95. The summed E-state index contributed by atoms with van der Waals surface area (Å²) in [6.45, 7) is -1.80. The highest BCUT2D eigenvalue weighted by Gasteiger charge is 2.65. The van der Waals surface area contributed by atoms with E-state index in [9.17, 15) is 31.9 Å². The summed E-state index contributed by atoms with van der Waals surface area (Å²) in [6, 6.07) is 0. The number of rotatable bonds is 4. The Hall–Kier alpha value is -1.13. The molecule has 4 atom stereocenters. The summed E-state index contributed by atoms with van der Waals surface area (Å²) in [5.41, 5.74) is -2.88. The minimum atomic E-state index is -5.69. The van der Waals surface area contributed by atoms with E-state index in [0.29, 0.717) is 12.8 Å². The molecule has 0 aliphatic heterocycles. The Labute approximate surface area is 130 Å². The summed E-state index contributed by atoms with van der Waals surface area (Å²) in [4.78, 5) is 24.3. The van der Waals surface area contributed by atoms with E-state index in [2.05, 4.69) is 4.74 Å². The lowest BCUT2D eigenvalue weighted by atomic mass is 9.47. The van der Waals surface area contributed by atoms with Gasteiger partial charge in [-0.1, -0.05) is 0 Å². The first-order valence-corrected chi connectivity index (χ1v) is 8.61. The Balaban J connectivity index is 1.77. The molecule has 0 spiro atoms. The summed E-state index contributed by atoms with van der Waals surface area (Å²) in [6.07, 6.45) is 1.04. The summed E-state index contributed by atoms with van der Waals surface area (Å²) in [7, 11) is -5.69. The van der Waals surface area contributed by atoms with Crippen LogP contribution in [0, 0.1) is 17.3 Å². The van der Waals surface area contributed by atoms with E-state index in [1.807, 2.05) is 0 Å². The van der Waals surface area contributed by atoms with Crippen molar-refractivity contribution in [1.29, 1.82) is 0 Å². The van der Waals surface area contributed by atoms with Gasteiger partial charge in [-0.3, -0.25) is 14.1 Å². The van der Waals surface area contributed by atoms with Crippen molar-refractivity contribution in [1.82, 2.24) is 0 Å². The van der Waals surface area contributed by atoms with Gasteiger partial charge in [0.25, 0.3) is 0 Å². The molecule has 7 nitrogen and oxygen atoms in total. The molecule has 4 fully saturated rings. The zero-order valence-corrected chi connectivity index (χ0v) is 12.8. The molecule has 0 amide bonds. The SMILES string of the molecule is O=C1C2CC3CC1(O)CC(C(=O)OCC(F)(F)S(=O)(=O)O)(C3)C2. The summed E-state index contributed by atoms with van der Waals surface area (Å²) < 4.78 is 60.3. The number of carbonyl (C=O) groups is 2. The van der Waals surface area contributed by atoms with Crippen LogP contribution in [0.1, 0.15) is 32.1 Å². The normalized spacial score (nSPS) is 39.6. The standard InChI is InChI=1S/C13H16F2O7S/c14-13(15,23(19,20)21)6-22-10(17)11-2-7-1-8(4-11)9(16)12(18,3-7)5-11/h7-8,18H,1-6H2,(H,19,20,21). The second-order valence-electron chi connectivity index (χ2n) is 6.95. The van der Waals surface area contributed by atoms with Gasteiger partial charge in [0.15, 0.2) is 12.4 Å². The maximum atomic E-state index is 13.2. The van der Waals surface area contributed by atoms with E-state index < -0.39 is 44.9 Å². The van der Waals surface area contributed by atoms with Gasteiger partial charge in [-0.25, -0.2) is 0 Å². The number of ketones is 1. The van der Waals surface area contributed by atoms with Crippen LogP contribution in [0.2, 0.25) is 0 Å². The molecule has 23 heavy (non-hydrogen) atoms. The zero-order valence-electron chi connectivity index (χ0n) is 12.0. The molecule has 10 heteroatoms. The minimum absolute atomic E-state index is 0.0696. The van der Waals surface area contributed by atoms with Crippen LogP contribution in [0.5, 0.6) is 0 Å². The zero-order chi connectivity index (χ0) is 17.3. The van der Waals surface area contributed by atoms with Gasteiger partial charge in [0.1, 0.15) is 5.60 Å². The largest absolute Gasteiger partial charge is 0.458 e. The van der Waals surface area contributed by atoms with Gasteiger partial charge in [-0.05, 0) is 38.0 Å². The molecule has 130 valence electrons. The maximum absolute atomic E-state index is 13.2. The van der Waals surface area contributed by atoms with Gasteiger partial charge in [0.2, 0.25) is 0 Å². The van der Waals surface area contributed by atoms with Gasteiger partial charge in [-0.15, -0.1) is 0 Å². The molecule has 4 rings (SSSR count). The molecule has 0 aromatic carbocycles. The van der Waals surface area contributed by atoms with Crippen molar-refractivity contribution >= 4 is 21.9 Å². The third-order valence-corrected chi connectivity index (χ3v) is 6.08. The highest BCUT2D eigenvalue weighted by molar-refractivity contribution is 7.86. The number of ether oxygens (including phenoxy) is 1. The van der Waals surface area contributed by atoms with Crippen molar-refractivity contribution < 1.29 is 41.2 Å². The van der Waals surface area contributed by atoms with Gasteiger partial charge in [0, 0.05) is 5.92 Å². The fourth-order valence-electron chi connectivity index (χ4n) is 4.47. The van der Waals surface area contributed by atoms with Crippen LogP contribution < -0.4 is 0 Å². The number of hydrogen-bond acceptors (Lipinski definition) is 6. The van der Waals surface area contributed by atoms with Crippen LogP contribution in [-0.2, 0) is 24.4 Å². The molecular formula is C13H16F2O7S. The fraction of sp³-hybridized carbons (Fsp3) is 0.846. The Morgan fingerprint density at radius 1 is 1.35 bits per heavy atom. The molecule has 4 bridgehead atoms. The van der Waals surface area contributed by atoms with Crippen LogP contribution in [0.4, 0.5) is 8.78 Å². The minimum Gasteiger partial charge on any atom is -0.458 e. The average Bonchev–Trinajstić information content (AvgIpc) is 2.39. The van der Waals surface area contributed by atoms with Gasteiger partial charge < -0.3 is 9.84 Å². The summed E-state index contributed by atoms with van der Waals surface area (Å²) in [5, 5.41) is 5.80. The molecule has 4 unspecified atom stereocenters. The first-order valence-electron chi connectivity index (χ1n) is 7.17. The maximum Gasteiger partial charge on any atom is 0.402 e. The number of halogens is 2. The predicted octanol–water partition coefficient (Wildman–Crippen LogP) is 0.520. The Morgan fingerprint density at radius 3 is 2.57 bits per heavy atom. The molecule has 0 aromatic rings. The number of hydrogen-bond donors (Lipinski definition) is 2. The molecular weight excluding hydrogens is 338 g/mol. The predicted molar refractivity (Wildman–Crippen MR) is 69.9 cm³/mol. The number of Topliss-reactive ketones (excluding diaryl/α,β-unsaturated/α-hetero) is 1. The first-order chi connectivity index (χ1) is 10.4. The van der Waals surface area contributed by atoms with E-state index in [1.165, 1.54) is 0 Å². The molecule has 0 radical (unpaired) electrons. The van der Waals surface area contributed by atoms with Crippen LogP contribution >= 0.6 is 0 Å². The topological polar surface area (TPSA) is 118 Å². The molecule has 0 saturated heterocycles. The van der Waals surface area contributed by atoms with Crippen molar-refractivity contribution in [2.24, 2.45) is 17.3 Å². The van der Waals surface area contributed by atoms with Crippen molar-refractivity contribution in [3.05, 3.63) is 0 Å². The third-order valence-electron chi connectivity index (χ3n) is 5.20. The van der Waals surface area contributed by atoms with E-state index in [0.717, 1.165) is 0 Å². The molecule has 4 aliphatic rings. The quantitative estimate of drug-likeness (QED) is 0.558. The van der Waals surface area contributed by atoms with Crippen LogP contribution in [-0.4, -0.2) is 47.3 Å². The smallest absolute Gasteiger partial charge is 0.402 e. The van der Waals surface area contributed by atoms with Crippen molar-refractivity contribution in [3.8, 4) is 0 Å². The van der Waals surface area contributed by atoms with Crippen molar-refractivity contribution in [2.45, 2.75) is 43.0 Å². The summed E-state index contributed by atoms with van der Waals surface area (Å²) >= 11 is 0. The molecule has 0 heterocycles. The highest BCUT2D eigenvalue weighted by Crippen LogP contribution is 2.60. The fourth-order valence-corrected chi connectivity index (χ4v) is 4.68. The second kappa shape index (κ2) is 4.70. The van der Waals surface area contributed by atoms with E-state index in [-0.39, 0.29) is 31.0 Å². The lowest BCUT2D eigenvalue weighted by Gasteiger charge is -2.57. The van der Waals surface area contributed by atoms with E-state index in [4.69, 9.17) is 4.55 Å². The number of alkyl halides is 2. The molecule has 4 saturated carbocycles. The first kappa shape index (κ1) is 16.7. The lowest BCUT2D eigenvalue weighted by molar-refractivity contribution is -0.199. The second-order valence-corrected chi connectivity index (χ2v) is 8.50. The van der Waals surface area contributed by atoms with Crippen molar-refractivity contribution in [2.75, 3.05) is 6.61 Å². The monoisotopic (exact) mass is 354 g/mol. The van der Waals surface area contributed by atoms with Gasteiger partial charge in [-0.2, -0.15) is 17.2 Å². The number of esters is 1. The van der Waals surface area contributed by atoms with Gasteiger partial charge in [0.05, 0.1) is 5.41 Å². The van der Waals surface area contributed by atoms with E-state index >= 15 is 0 Å². The Morgan fingerprint density at radius 2 is 2.00 bits per heavy atom. The molecule has 4 aliphatic carbocycles. The van der Waals surface area contributed by atoms with Crippen LogP contribution in [0.15, 0.2) is 0 Å².